The molecular weight excluding hydrogens is 376 g/mol. The average Bonchev–Trinajstić information content (AvgIpc) is 3.38. The van der Waals surface area contributed by atoms with Gasteiger partial charge in [0.1, 0.15) is 6.33 Å². The number of benzene rings is 1. The standard InChI is InChI=1S/C19H26N6O4/c1-19(2,3)15(18-23-17(25-29-18)16-21-10-22-24-16)20-9-11-7-8-12(26-4)14(28-6)13(11)27-5/h7-8,10,15,20H,9H2,1-6H3,(H,21,22,24)/t15-/m0/s1. The first-order chi connectivity index (χ1) is 13.9. The summed E-state index contributed by atoms with van der Waals surface area (Å²) >= 11 is 0. The van der Waals surface area contributed by atoms with E-state index in [0.717, 1.165) is 5.56 Å². The lowest BCUT2D eigenvalue weighted by molar-refractivity contribution is 0.211. The highest BCUT2D eigenvalue weighted by atomic mass is 16.5. The molecule has 2 aromatic heterocycles. The maximum Gasteiger partial charge on any atom is 0.244 e. The van der Waals surface area contributed by atoms with Gasteiger partial charge in [-0.3, -0.25) is 5.10 Å². The molecule has 0 saturated carbocycles. The average molecular weight is 402 g/mol. The van der Waals surface area contributed by atoms with Crippen LogP contribution in [-0.2, 0) is 6.54 Å². The van der Waals surface area contributed by atoms with Gasteiger partial charge in [-0.25, -0.2) is 4.98 Å². The first-order valence-electron chi connectivity index (χ1n) is 9.09. The second-order valence-electron chi connectivity index (χ2n) is 7.46. The third-order valence-corrected chi connectivity index (χ3v) is 4.46. The minimum absolute atomic E-state index is 0.199. The van der Waals surface area contributed by atoms with E-state index >= 15 is 0 Å². The second kappa shape index (κ2) is 8.48. The largest absolute Gasteiger partial charge is 0.493 e. The summed E-state index contributed by atoms with van der Waals surface area (Å²) in [7, 11) is 4.77. The molecule has 156 valence electrons. The number of methoxy groups -OCH3 is 3. The van der Waals surface area contributed by atoms with E-state index < -0.39 is 0 Å². The Labute approximate surface area is 169 Å². The molecule has 0 bridgehead atoms. The van der Waals surface area contributed by atoms with Crippen molar-refractivity contribution in [3.8, 4) is 28.9 Å². The second-order valence-corrected chi connectivity index (χ2v) is 7.46. The Balaban J connectivity index is 1.86. The number of hydrogen-bond donors (Lipinski definition) is 2. The predicted molar refractivity (Wildman–Crippen MR) is 105 cm³/mol. The van der Waals surface area contributed by atoms with Crippen LogP contribution in [0.1, 0.15) is 38.3 Å². The van der Waals surface area contributed by atoms with Crippen molar-refractivity contribution in [3.05, 3.63) is 29.9 Å². The van der Waals surface area contributed by atoms with Crippen LogP contribution in [0.4, 0.5) is 0 Å². The van der Waals surface area contributed by atoms with Crippen molar-refractivity contribution in [1.29, 1.82) is 0 Å². The summed E-state index contributed by atoms with van der Waals surface area (Å²) in [6.45, 7) is 6.77. The molecule has 10 nitrogen and oxygen atoms in total. The Morgan fingerprint density at radius 1 is 1.10 bits per heavy atom. The normalized spacial score (nSPS) is 12.6. The Morgan fingerprint density at radius 3 is 2.45 bits per heavy atom. The van der Waals surface area contributed by atoms with Crippen molar-refractivity contribution in [2.24, 2.45) is 5.41 Å². The zero-order chi connectivity index (χ0) is 21.0. The van der Waals surface area contributed by atoms with Crippen molar-refractivity contribution in [2.75, 3.05) is 21.3 Å². The quantitative estimate of drug-likeness (QED) is 0.586. The summed E-state index contributed by atoms with van der Waals surface area (Å²) in [5.74, 6) is 3.04. The van der Waals surface area contributed by atoms with E-state index in [2.05, 4.69) is 51.4 Å². The lowest BCUT2D eigenvalue weighted by Crippen LogP contribution is -2.32. The van der Waals surface area contributed by atoms with E-state index in [1.807, 2.05) is 12.1 Å². The van der Waals surface area contributed by atoms with Crippen LogP contribution in [0.5, 0.6) is 17.2 Å². The molecule has 3 rings (SSSR count). The van der Waals surface area contributed by atoms with Gasteiger partial charge >= 0.3 is 0 Å². The molecule has 0 unspecified atom stereocenters. The number of H-pyrrole nitrogens is 1. The van der Waals surface area contributed by atoms with Crippen LogP contribution in [-0.4, -0.2) is 46.7 Å². The number of aromatic amines is 1. The number of nitrogens with one attached hydrogen (secondary N) is 2. The molecule has 0 amide bonds. The van der Waals surface area contributed by atoms with Crippen LogP contribution >= 0.6 is 0 Å². The molecule has 0 spiro atoms. The number of ether oxygens (including phenoxy) is 3. The molecule has 29 heavy (non-hydrogen) atoms. The van der Waals surface area contributed by atoms with E-state index in [0.29, 0.717) is 41.3 Å². The topological polar surface area (TPSA) is 120 Å². The molecule has 3 aromatic rings. The lowest BCUT2D eigenvalue weighted by atomic mass is 9.86. The molecule has 1 atom stereocenters. The fraction of sp³-hybridized carbons (Fsp3) is 0.474. The van der Waals surface area contributed by atoms with Crippen LogP contribution < -0.4 is 19.5 Å². The van der Waals surface area contributed by atoms with E-state index in [1.165, 1.54) is 6.33 Å². The first kappa shape index (κ1) is 20.6. The van der Waals surface area contributed by atoms with E-state index in [9.17, 15) is 0 Å². The Morgan fingerprint density at radius 2 is 1.86 bits per heavy atom. The molecule has 2 heterocycles. The molecule has 0 fully saturated rings. The monoisotopic (exact) mass is 402 g/mol. The van der Waals surface area contributed by atoms with Gasteiger partial charge in [-0.2, -0.15) is 10.1 Å². The summed E-state index contributed by atoms with van der Waals surface area (Å²) in [5.41, 5.74) is 0.712. The van der Waals surface area contributed by atoms with Crippen molar-refractivity contribution in [1.82, 2.24) is 30.6 Å². The highest BCUT2D eigenvalue weighted by molar-refractivity contribution is 5.55. The van der Waals surface area contributed by atoms with Gasteiger partial charge in [-0.15, -0.1) is 0 Å². The molecule has 0 aliphatic rings. The van der Waals surface area contributed by atoms with Crippen LogP contribution in [0.3, 0.4) is 0 Å². The third-order valence-electron chi connectivity index (χ3n) is 4.46. The number of rotatable bonds is 8. The molecule has 1 aromatic carbocycles. The third kappa shape index (κ3) is 4.32. The Bertz CT molecular complexity index is 933. The van der Waals surface area contributed by atoms with Gasteiger partial charge in [0.15, 0.2) is 17.3 Å². The fourth-order valence-corrected chi connectivity index (χ4v) is 3.04. The Kier molecular flexibility index (Phi) is 6.02. The van der Waals surface area contributed by atoms with Crippen molar-refractivity contribution in [2.45, 2.75) is 33.4 Å². The van der Waals surface area contributed by atoms with Gasteiger partial charge in [0.2, 0.25) is 17.5 Å². The summed E-state index contributed by atoms with van der Waals surface area (Å²) in [4.78, 5) is 8.54. The van der Waals surface area contributed by atoms with Gasteiger partial charge in [-0.1, -0.05) is 32.0 Å². The predicted octanol–water partition coefficient (Wildman–Crippen LogP) is 2.76. The number of nitrogens with zero attached hydrogens (tertiary/aromatic N) is 4. The summed E-state index contributed by atoms with van der Waals surface area (Å²) in [6, 6.07) is 3.56. The lowest BCUT2D eigenvalue weighted by Gasteiger charge is -2.29. The van der Waals surface area contributed by atoms with E-state index in [4.69, 9.17) is 18.7 Å². The molecule has 0 saturated heterocycles. The smallest absolute Gasteiger partial charge is 0.244 e. The first-order valence-corrected chi connectivity index (χ1v) is 9.09. The zero-order valence-electron chi connectivity index (χ0n) is 17.4. The van der Waals surface area contributed by atoms with E-state index in [-0.39, 0.29) is 11.5 Å². The van der Waals surface area contributed by atoms with Crippen molar-refractivity contribution < 1.29 is 18.7 Å². The van der Waals surface area contributed by atoms with Crippen molar-refractivity contribution >= 4 is 0 Å². The van der Waals surface area contributed by atoms with Gasteiger partial charge in [0.05, 0.1) is 27.4 Å². The van der Waals surface area contributed by atoms with Crippen LogP contribution in [0.2, 0.25) is 0 Å². The van der Waals surface area contributed by atoms with Gasteiger partial charge in [0.25, 0.3) is 0 Å². The fourth-order valence-electron chi connectivity index (χ4n) is 3.04. The van der Waals surface area contributed by atoms with Gasteiger partial charge in [-0.05, 0) is 11.5 Å². The summed E-state index contributed by atoms with van der Waals surface area (Å²) in [5, 5.41) is 14.1. The molecule has 0 aliphatic heterocycles. The minimum Gasteiger partial charge on any atom is -0.493 e. The maximum atomic E-state index is 5.57. The Hall–Kier alpha value is -3.14. The van der Waals surface area contributed by atoms with E-state index in [1.54, 1.807) is 21.3 Å². The minimum atomic E-state index is -0.218. The zero-order valence-corrected chi connectivity index (χ0v) is 17.4. The number of aromatic nitrogens is 5. The molecule has 10 heteroatoms. The van der Waals surface area contributed by atoms with Gasteiger partial charge in [0, 0.05) is 12.1 Å². The summed E-state index contributed by atoms with van der Waals surface area (Å²) in [6.07, 6.45) is 1.40. The van der Waals surface area contributed by atoms with Crippen LogP contribution in [0.15, 0.2) is 23.0 Å². The van der Waals surface area contributed by atoms with Gasteiger partial charge < -0.3 is 24.1 Å². The highest BCUT2D eigenvalue weighted by Crippen LogP contribution is 2.40. The van der Waals surface area contributed by atoms with Crippen LogP contribution in [0, 0.1) is 5.41 Å². The number of hydrogen-bond acceptors (Lipinski definition) is 9. The maximum absolute atomic E-state index is 5.57. The van der Waals surface area contributed by atoms with Crippen molar-refractivity contribution in [3.63, 3.8) is 0 Å². The molecular formula is C19H26N6O4. The molecule has 0 aliphatic carbocycles. The SMILES string of the molecule is COc1ccc(CN[C@@H](c2nc(-c3ncn[nH]3)no2)C(C)(C)C)c(OC)c1OC. The molecule has 2 N–H and O–H groups in total. The molecule has 0 radical (unpaired) electrons. The van der Waals surface area contributed by atoms with Crippen LogP contribution in [0.25, 0.3) is 11.6 Å². The highest BCUT2D eigenvalue weighted by Gasteiger charge is 2.32. The summed E-state index contributed by atoms with van der Waals surface area (Å²) < 4.78 is 21.9.